The van der Waals surface area contributed by atoms with Crippen molar-refractivity contribution in [2.45, 2.75) is 6.42 Å². The zero-order chi connectivity index (χ0) is 18.0. The van der Waals surface area contributed by atoms with E-state index in [4.69, 9.17) is 0 Å². The SMILES string of the molecule is O=c1[nH]c(=O)n(-c2ccccc2)c([O-])c1Cc1ccccc1[N+](=O)[O-]. The zero-order valence-corrected chi connectivity index (χ0v) is 12.8. The van der Waals surface area contributed by atoms with Crippen molar-refractivity contribution in [3.8, 4) is 11.6 Å². The Morgan fingerprint density at radius 2 is 1.64 bits per heavy atom. The number of aromatic nitrogens is 2. The van der Waals surface area contributed by atoms with Gasteiger partial charge in [-0.05, 0) is 18.0 Å². The third-order valence-corrected chi connectivity index (χ3v) is 3.73. The predicted molar refractivity (Wildman–Crippen MR) is 88.0 cm³/mol. The van der Waals surface area contributed by atoms with E-state index in [1.165, 1.54) is 18.2 Å². The third-order valence-electron chi connectivity index (χ3n) is 3.73. The lowest BCUT2D eigenvalue weighted by Crippen LogP contribution is -2.34. The van der Waals surface area contributed by atoms with E-state index < -0.39 is 22.1 Å². The number of nitrogens with one attached hydrogen (secondary N) is 1. The van der Waals surface area contributed by atoms with E-state index in [1.807, 2.05) is 0 Å². The first kappa shape index (κ1) is 16.2. The highest BCUT2D eigenvalue weighted by Crippen LogP contribution is 2.23. The molecule has 0 unspecified atom stereocenters. The molecule has 3 rings (SSSR count). The molecule has 1 N–H and O–H groups in total. The molecule has 0 aliphatic carbocycles. The van der Waals surface area contributed by atoms with E-state index in [2.05, 4.69) is 4.98 Å². The molecular formula is C17H12N3O5-. The molecule has 0 saturated carbocycles. The Morgan fingerprint density at radius 3 is 2.32 bits per heavy atom. The fourth-order valence-corrected chi connectivity index (χ4v) is 2.55. The Labute approximate surface area is 140 Å². The van der Waals surface area contributed by atoms with Crippen LogP contribution in [0.3, 0.4) is 0 Å². The van der Waals surface area contributed by atoms with Gasteiger partial charge >= 0.3 is 5.69 Å². The molecule has 3 aromatic rings. The number of benzene rings is 2. The summed E-state index contributed by atoms with van der Waals surface area (Å²) in [7, 11) is 0. The van der Waals surface area contributed by atoms with Crippen LogP contribution in [0.25, 0.3) is 5.69 Å². The second-order valence-electron chi connectivity index (χ2n) is 5.28. The molecule has 0 radical (unpaired) electrons. The van der Waals surface area contributed by atoms with Gasteiger partial charge in [0.25, 0.3) is 11.2 Å². The summed E-state index contributed by atoms with van der Waals surface area (Å²) in [6, 6.07) is 14.0. The molecule has 0 fully saturated rings. The van der Waals surface area contributed by atoms with Crippen molar-refractivity contribution in [3.05, 3.63) is 96.7 Å². The first-order valence-corrected chi connectivity index (χ1v) is 7.32. The minimum absolute atomic E-state index is 0.196. The molecule has 8 heteroatoms. The van der Waals surface area contributed by atoms with E-state index in [-0.39, 0.29) is 23.2 Å². The molecule has 0 amide bonds. The molecule has 8 nitrogen and oxygen atoms in total. The van der Waals surface area contributed by atoms with Gasteiger partial charge in [0.2, 0.25) is 0 Å². The second-order valence-corrected chi connectivity index (χ2v) is 5.28. The van der Waals surface area contributed by atoms with Gasteiger partial charge in [-0.2, -0.15) is 0 Å². The minimum Gasteiger partial charge on any atom is -0.859 e. The Morgan fingerprint density at radius 1 is 1.00 bits per heavy atom. The average molecular weight is 338 g/mol. The van der Waals surface area contributed by atoms with Gasteiger partial charge in [-0.25, -0.2) is 4.79 Å². The van der Waals surface area contributed by atoms with Crippen molar-refractivity contribution in [3.63, 3.8) is 0 Å². The second kappa shape index (κ2) is 6.44. The molecular weight excluding hydrogens is 326 g/mol. The van der Waals surface area contributed by atoms with Crippen LogP contribution in [0.4, 0.5) is 5.69 Å². The Kier molecular flexibility index (Phi) is 4.17. The number of nitrogens with zero attached hydrogens (tertiary/aromatic N) is 2. The average Bonchev–Trinajstić information content (AvgIpc) is 2.59. The van der Waals surface area contributed by atoms with Gasteiger partial charge in [-0.3, -0.25) is 24.5 Å². The van der Waals surface area contributed by atoms with Crippen LogP contribution in [-0.4, -0.2) is 14.5 Å². The molecule has 1 heterocycles. The maximum atomic E-state index is 12.7. The van der Waals surface area contributed by atoms with Crippen molar-refractivity contribution in [1.82, 2.24) is 9.55 Å². The first-order chi connectivity index (χ1) is 12.0. The van der Waals surface area contributed by atoms with Crippen LogP contribution < -0.4 is 16.4 Å². The molecule has 0 aliphatic rings. The number of para-hydroxylation sites is 2. The topological polar surface area (TPSA) is 121 Å². The Balaban J connectivity index is 2.17. The Hall–Kier alpha value is -3.68. The van der Waals surface area contributed by atoms with Crippen molar-refractivity contribution >= 4 is 5.69 Å². The monoisotopic (exact) mass is 338 g/mol. The molecule has 0 saturated heterocycles. The molecule has 126 valence electrons. The number of hydrogen-bond acceptors (Lipinski definition) is 5. The van der Waals surface area contributed by atoms with E-state index in [0.29, 0.717) is 5.69 Å². The summed E-state index contributed by atoms with van der Waals surface area (Å²) < 4.78 is 0.839. The highest BCUT2D eigenvalue weighted by Gasteiger charge is 2.16. The lowest BCUT2D eigenvalue weighted by Gasteiger charge is -2.19. The van der Waals surface area contributed by atoms with Gasteiger partial charge < -0.3 is 5.11 Å². The van der Waals surface area contributed by atoms with Gasteiger partial charge in [-0.1, -0.05) is 36.4 Å². The third kappa shape index (κ3) is 3.05. The normalized spacial score (nSPS) is 10.6. The maximum Gasteiger partial charge on any atom is 0.332 e. The summed E-state index contributed by atoms with van der Waals surface area (Å²) in [5.41, 5.74) is -1.62. The van der Waals surface area contributed by atoms with Gasteiger partial charge in [0.05, 0.1) is 4.92 Å². The number of hydrogen-bond donors (Lipinski definition) is 1. The number of nitro groups is 1. The zero-order valence-electron chi connectivity index (χ0n) is 12.8. The molecule has 0 atom stereocenters. The van der Waals surface area contributed by atoms with Crippen LogP contribution in [0, 0.1) is 10.1 Å². The van der Waals surface area contributed by atoms with Crippen molar-refractivity contribution < 1.29 is 10.0 Å². The number of rotatable bonds is 4. The number of H-pyrrole nitrogens is 1. The summed E-state index contributed by atoms with van der Waals surface area (Å²) in [5, 5.41) is 23.8. The summed E-state index contributed by atoms with van der Waals surface area (Å²) in [5.74, 6) is -0.793. The molecule has 1 aromatic heterocycles. The molecule has 0 aliphatic heterocycles. The number of aromatic amines is 1. The summed E-state index contributed by atoms with van der Waals surface area (Å²) in [6.07, 6.45) is -0.252. The lowest BCUT2D eigenvalue weighted by molar-refractivity contribution is -0.385. The van der Waals surface area contributed by atoms with Crippen LogP contribution in [0.5, 0.6) is 5.88 Å². The van der Waals surface area contributed by atoms with E-state index in [0.717, 1.165) is 4.57 Å². The largest absolute Gasteiger partial charge is 0.859 e. The van der Waals surface area contributed by atoms with Gasteiger partial charge in [0, 0.05) is 29.3 Å². The van der Waals surface area contributed by atoms with Crippen LogP contribution in [-0.2, 0) is 6.42 Å². The highest BCUT2D eigenvalue weighted by atomic mass is 16.6. The van der Waals surface area contributed by atoms with Gasteiger partial charge in [0.15, 0.2) is 0 Å². The van der Waals surface area contributed by atoms with Crippen molar-refractivity contribution in [2.24, 2.45) is 0 Å². The van der Waals surface area contributed by atoms with Gasteiger partial charge in [0.1, 0.15) is 0 Å². The molecule has 0 spiro atoms. The fraction of sp³-hybridized carbons (Fsp3) is 0.0588. The van der Waals surface area contributed by atoms with Crippen molar-refractivity contribution in [1.29, 1.82) is 0 Å². The minimum atomic E-state index is -0.854. The van der Waals surface area contributed by atoms with Gasteiger partial charge in [-0.15, -0.1) is 0 Å². The van der Waals surface area contributed by atoms with Crippen LogP contribution in [0.15, 0.2) is 64.2 Å². The summed E-state index contributed by atoms with van der Waals surface area (Å²) in [6.45, 7) is 0. The van der Waals surface area contributed by atoms with E-state index in [1.54, 1.807) is 36.4 Å². The predicted octanol–water partition coefficient (Wildman–Crippen LogP) is 1.10. The lowest BCUT2D eigenvalue weighted by atomic mass is 10.0. The van der Waals surface area contributed by atoms with E-state index >= 15 is 0 Å². The highest BCUT2D eigenvalue weighted by molar-refractivity contribution is 5.45. The van der Waals surface area contributed by atoms with Crippen LogP contribution in [0.2, 0.25) is 0 Å². The number of nitro benzene ring substituents is 1. The fourth-order valence-electron chi connectivity index (χ4n) is 2.55. The quantitative estimate of drug-likeness (QED) is 0.564. The Bertz CT molecular complexity index is 1050. The van der Waals surface area contributed by atoms with Crippen LogP contribution in [0.1, 0.15) is 11.1 Å². The molecule has 25 heavy (non-hydrogen) atoms. The molecule has 2 aromatic carbocycles. The summed E-state index contributed by atoms with van der Waals surface area (Å²) in [4.78, 5) is 36.8. The van der Waals surface area contributed by atoms with Crippen molar-refractivity contribution in [2.75, 3.05) is 0 Å². The van der Waals surface area contributed by atoms with Crippen LogP contribution >= 0.6 is 0 Å². The molecule has 0 bridgehead atoms. The van der Waals surface area contributed by atoms with E-state index in [9.17, 15) is 24.8 Å². The first-order valence-electron chi connectivity index (χ1n) is 7.32. The maximum absolute atomic E-state index is 12.7. The smallest absolute Gasteiger partial charge is 0.332 e. The standard InChI is InChI=1S/C17H13N3O5/c21-15-13(10-11-6-4-5-9-14(11)20(24)25)16(22)19(17(23)18-15)12-7-2-1-3-8-12/h1-9,22H,10H2,(H,18,21,23)/p-1. The summed E-state index contributed by atoms with van der Waals surface area (Å²) >= 11 is 0.